The molecular weight excluding hydrogens is 462 g/mol. The monoisotopic (exact) mass is 487 g/mol. The van der Waals surface area contributed by atoms with Crippen LogP contribution in [0.4, 0.5) is 0 Å². The van der Waals surface area contributed by atoms with Gasteiger partial charge < -0.3 is 14.8 Å². The Morgan fingerprint density at radius 1 is 1.09 bits per heavy atom. The number of benzene rings is 3. The fourth-order valence-electron chi connectivity index (χ4n) is 4.00. The molecule has 5 rings (SSSR count). The van der Waals surface area contributed by atoms with Crippen LogP contribution < -0.4 is 20.3 Å². The van der Waals surface area contributed by atoms with Crippen LogP contribution in [0, 0.1) is 0 Å². The Kier molecular flexibility index (Phi) is 6.46. The Hall–Kier alpha value is -3.78. The minimum atomic E-state index is -0.217. The molecule has 0 fully saturated rings. The number of rotatable bonds is 7. The van der Waals surface area contributed by atoms with Crippen LogP contribution in [0.25, 0.3) is 16.6 Å². The zero-order chi connectivity index (χ0) is 24.4. The smallest absolute Gasteiger partial charge is 0.266 e. The lowest BCUT2D eigenvalue weighted by atomic mass is 10.1. The van der Waals surface area contributed by atoms with E-state index in [-0.39, 0.29) is 30.1 Å². The van der Waals surface area contributed by atoms with Gasteiger partial charge in [-0.1, -0.05) is 49.0 Å². The molecule has 1 aliphatic heterocycles. The van der Waals surface area contributed by atoms with E-state index in [1.165, 1.54) is 17.3 Å². The van der Waals surface area contributed by atoms with E-state index >= 15 is 0 Å². The number of aryl methyl sites for hydroxylation is 1. The molecule has 0 bridgehead atoms. The Morgan fingerprint density at radius 3 is 2.66 bits per heavy atom. The zero-order valence-corrected chi connectivity index (χ0v) is 20.3. The van der Waals surface area contributed by atoms with Crippen LogP contribution in [-0.2, 0) is 11.2 Å². The van der Waals surface area contributed by atoms with Crippen LogP contribution in [0.2, 0.25) is 0 Å². The van der Waals surface area contributed by atoms with Crippen molar-refractivity contribution in [3.8, 4) is 17.2 Å². The predicted molar refractivity (Wildman–Crippen MR) is 137 cm³/mol. The fourth-order valence-corrected chi connectivity index (χ4v) is 4.82. The second kappa shape index (κ2) is 9.84. The second-order valence-electron chi connectivity index (χ2n) is 8.26. The van der Waals surface area contributed by atoms with Crippen LogP contribution in [0.3, 0.4) is 0 Å². The number of thioether (sulfide) groups is 1. The summed E-state index contributed by atoms with van der Waals surface area (Å²) in [5, 5.41) is 4.03. The minimum absolute atomic E-state index is 0.118. The molecule has 0 saturated carbocycles. The quantitative estimate of drug-likeness (QED) is 0.302. The third kappa shape index (κ3) is 4.74. The van der Waals surface area contributed by atoms with E-state index in [0.717, 1.165) is 17.7 Å². The van der Waals surface area contributed by atoms with Gasteiger partial charge in [-0.15, -0.1) is 0 Å². The summed E-state index contributed by atoms with van der Waals surface area (Å²) < 4.78 is 12.4. The van der Waals surface area contributed by atoms with Crippen LogP contribution in [0.1, 0.15) is 31.0 Å². The molecule has 1 atom stereocenters. The zero-order valence-electron chi connectivity index (χ0n) is 19.5. The fraction of sp³-hybridized carbons (Fsp3) is 0.222. The number of ether oxygens (including phenoxy) is 2. The summed E-state index contributed by atoms with van der Waals surface area (Å²) in [5.74, 6) is 1.34. The highest BCUT2D eigenvalue weighted by Crippen LogP contribution is 2.34. The Labute approximate surface area is 207 Å². The number of nitrogens with one attached hydrogen (secondary N) is 1. The average molecular weight is 488 g/mol. The average Bonchev–Trinajstić information content (AvgIpc) is 3.36. The highest BCUT2D eigenvalue weighted by atomic mass is 32.2. The SMILES string of the molecule is CCc1ccc(-n2c(SCC(=O)NC(C)c3ccc4c(c3)OCO4)nc3ccccc3c2=O)cc1. The van der Waals surface area contributed by atoms with Gasteiger partial charge in [0, 0.05) is 0 Å². The number of para-hydroxylation sites is 1. The first kappa shape index (κ1) is 23.0. The van der Waals surface area contributed by atoms with Crippen LogP contribution in [0.15, 0.2) is 76.7 Å². The van der Waals surface area contributed by atoms with E-state index in [1.54, 1.807) is 10.6 Å². The Balaban J connectivity index is 1.38. The second-order valence-corrected chi connectivity index (χ2v) is 9.21. The standard InChI is InChI=1S/C27H25N3O4S/c1-3-18-8-11-20(12-9-18)30-26(32)21-6-4-5-7-22(21)29-27(30)35-15-25(31)28-17(2)19-10-13-23-24(14-19)34-16-33-23/h4-14,17H,3,15-16H2,1-2H3,(H,28,31). The van der Waals surface area contributed by atoms with Crippen molar-refractivity contribution < 1.29 is 14.3 Å². The summed E-state index contributed by atoms with van der Waals surface area (Å²) in [6, 6.07) is 20.5. The number of hydrogen-bond acceptors (Lipinski definition) is 6. The summed E-state index contributed by atoms with van der Waals surface area (Å²) in [6.07, 6.45) is 0.911. The minimum Gasteiger partial charge on any atom is -0.454 e. The molecule has 35 heavy (non-hydrogen) atoms. The van der Waals surface area contributed by atoms with Gasteiger partial charge in [0.05, 0.1) is 28.4 Å². The van der Waals surface area contributed by atoms with Gasteiger partial charge in [0.15, 0.2) is 16.7 Å². The normalized spacial score (nSPS) is 13.1. The van der Waals surface area contributed by atoms with Crippen molar-refractivity contribution in [1.29, 1.82) is 0 Å². The van der Waals surface area contributed by atoms with Crippen LogP contribution in [-0.4, -0.2) is 28.0 Å². The summed E-state index contributed by atoms with van der Waals surface area (Å²) in [5.41, 5.74) is 3.28. The van der Waals surface area contributed by atoms with Gasteiger partial charge >= 0.3 is 0 Å². The third-order valence-corrected chi connectivity index (χ3v) is 6.89. The van der Waals surface area contributed by atoms with Crippen molar-refractivity contribution in [3.05, 3.63) is 88.2 Å². The van der Waals surface area contributed by atoms with Gasteiger partial charge in [-0.2, -0.15) is 0 Å². The van der Waals surface area contributed by atoms with Gasteiger partial charge in [-0.25, -0.2) is 4.98 Å². The van der Waals surface area contributed by atoms with Crippen LogP contribution >= 0.6 is 11.8 Å². The maximum absolute atomic E-state index is 13.4. The van der Waals surface area contributed by atoms with Crippen molar-refractivity contribution in [1.82, 2.24) is 14.9 Å². The van der Waals surface area contributed by atoms with Gasteiger partial charge in [0.1, 0.15) is 0 Å². The molecular formula is C27H25N3O4S. The molecule has 8 heteroatoms. The van der Waals surface area contributed by atoms with E-state index in [1.807, 2.05) is 67.6 Å². The molecule has 0 radical (unpaired) electrons. The van der Waals surface area contributed by atoms with Crippen molar-refractivity contribution in [2.45, 2.75) is 31.5 Å². The lowest BCUT2D eigenvalue weighted by Crippen LogP contribution is -2.29. The molecule has 0 aliphatic carbocycles. The van der Waals surface area contributed by atoms with Gasteiger partial charge in [0.25, 0.3) is 5.56 Å². The maximum Gasteiger partial charge on any atom is 0.266 e. The molecule has 178 valence electrons. The van der Waals surface area contributed by atoms with Crippen molar-refractivity contribution in [3.63, 3.8) is 0 Å². The van der Waals surface area contributed by atoms with Gasteiger partial charge in [-0.05, 0) is 60.9 Å². The third-order valence-electron chi connectivity index (χ3n) is 5.95. The number of nitrogens with zero attached hydrogens (tertiary/aromatic N) is 2. The molecule has 1 aromatic heterocycles. The molecule has 7 nitrogen and oxygen atoms in total. The molecule has 1 aliphatic rings. The molecule has 4 aromatic rings. The summed E-state index contributed by atoms with van der Waals surface area (Å²) in [4.78, 5) is 30.9. The molecule has 0 saturated heterocycles. The van der Waals surface area contributed by atoms with Gasteiger partial charge in [0.2, 0.25) is 12.7 Å². The molecule has 1 amide bonds. The number of carbonyl (C=O) groups excluding carboxylic acids is 1. The first-order valence-electron chi connectivity index (χ1n) is 11.5. The highest BCUT2D eigenvalue weighted by molar-refractivity contribution is 7.99. The van der Waals surface area contributed by atoms with E-state index in [0.29, 0.717) is 27.6 Å². The largest absolute Gasteiger partial charge is 0.454 e. The predicted octanol–water partition coefficient (Wildman–Crippen LogP) is 4.65. The number of amides is 1. The van der Waals surface area contributed by atoms with Gasteiger partial charge in [-0.3, -0.25) is 14.2 Å². The Morgan fingerprint density at radius 2 is 1.86 bits per heavy atom. The van der Waals surface area contributed by atoms with Crippen molar-refractivity contribution in [2.75, 3.05) is 12.5 Å². The van der Waals surface area contributed by atoms with E-state index in [4.69, 9.17) is 14.5 Å². The molecule has 1 unspecified atom stereocenters. The van der Waals surface area contributed by atoms with E-state index < -0.39 is 0 Å². The first-order chi connectivity index (χ1) is 17.0. The molecule has 2 heterocycles. The van der Waals surface area contributed by atoms with E-state index in [9.17, 15) is 9.59 Å². The Bertz CT molecular complexity index is 1450. The molecule has 3 aromatic carbocycles. The number of fused-ring (bicyclic) bond motifs is 2. The molecule has 1 N–H and O–H groups in total. The summed E-state index contributed by atoms with van der Waals surface area (Å²) in [7, 11) is 0. The topological polar surface area (TPSA) is 82.5 Å². The number of aromatic nitrogens is 2. The lowest BCUT2D eigenvalue weighted by molar-refractivity contribution is -0.119. The summed E-state index contributed by atoms with van der Waals surface area (Å²) in [6.45, 7) is 4.21. The van der Waals surface area contributed by atoms with Crippen molar-refractivity contribution >= 4 is 28.6 Å². The lowest BCUT2D eigenvalue weighted by Gasteiger charge is -2.16. The molecule has 0 spiro atoms. The number of carbonyl (C=O) groups is 1. The van der Waals surface area contributed by atoms with Crippen molar-refractivity contribution in [2.24, 2.45) is 0 Å². The highest BCUT2D eigenvalue weighted by Gasteiger charge is 2.18. The number of hydrogen-bond donors (Lipinski definition) is 1. The first-order valence-corrected chi connectivity index (χ1v) is 12.4. The van der Waals surface area contributed by atoms with Crippen LogP contribution in [0.5, 0.6) is 11.5 Å². The van der Waals surface area contributed by atoms with E-state index in [2.05, 4.69) is 12.2 Å². The summed E-state index contributed by atoms with van der Waals surface area (Å²) >= 11 is 1.24. The maximum atomic E-state index is 13.4.